The Balaban J connectivity index is 1.40. The Morgan fingerprint density at radius 3 is 2.92 bits per heavy atom. The van der Waals surface area contributed by atoms with Crippen LogP contribution in [0.3, 0.4) is 0 Å². The van der Waals surface area contributed by atoms with Crippen LogP contribution in [-0.4, -0.2) is 53.7 Å². The first-order chi connectivity index (χ1) is 12.2. The third-order valence-electron chi connectivity index (χ3n) is 4.20. The molecule has 25 heavy (non-hydrogen) atoms. The number of piperidine rings is 1. The van der Waals surface area contributed by atoms with E-state index in [1.807, 2.05) is 12.1 Å². The molecule has 3 rings (SSSR count). The number of ether oxygens (including phenoxy) is 1. The maximum atomic E-state index is 12.8. The number of nitrogens with one attached hydrogen (secondary N) is 1. The molecular weight excluding hydrogens is 323 g/mol. The second-order valence-corrected chi connectivity index (χ2v) is 6.19. The SMILES string of the molecule is OC(CNC1CCCN(c2cccnn2)C1)COc1ccc(F)cc1. The summed E-state index contributed by atoms with van der Waals surface area (Å²) < 4.78 is 18.3. The number of nitrogens with zero attached hydrogens (tertiary/aromatic N) is 3. The Morgan fingerprint density at radius 1 is 1.32 bits per heavy atom. The van der Waals surface area contributed by atoms with Crippen LogP contribution in [0.2, 0.25) is 0 Å². The molecule has 2 unspecified atom stereocenters. The van der Waals surface area contributed by atoms with Gasteiger partial charge in [0, 0.05) is 31.9 Å². The molecule has 0 spiro atoms. The van der Waals surface area contributed by atoms with Crippen LogP contribution in [0.1, 0.15) is 12.8 Å². The number of hydrogen-bond donors (Lipinski definition) is 2. The molecule has 2 heterocycles. The van der Waals surface area contributed by atoms with Crippen molar-refractivity contribution in [2.24, 2.45) is 0 Å². The molecule has 0 radical (unpaired) electrons. The van der Waals surface area contributed by atoms with Gasteiger partial charge < -0.3 is 20.1 Å². The van der Waals surface area contributed by atoms with Crippen LogP contribution in [0.25, 0.3) is 0 Å². The van der Waals surface area contributed by atoms with Crippen LogP contribution < -0.4 is 15.0 Å². The summed E-state index contributed by atoms with van der Waals surface area (Å²) in [4.78, 5) is 2.20. The molecule has 0 aliphatic carbocycles. The van der Waals surface area contributed by atoms with E-state index in [4.69, 9.17) is 4.74 Å². The van der Waals surface area contributed by atoms with E-state index in [-0.39, 0.29) is 18.5 Å². The van der Waals surface area contributed by atoms with Crippen molar-refractivity contribution in [2.45, 2.75) is 25.0 Å². The highest BCUT2D eigenvalue weighted by Crippen LogP contribution is 2.16. The van der Waals surface area contributed by atoms with Crippen molar-refractivity contribution in [1.29, 1.82) is 0 Å². The summed E-state index contributed by atoms with van der Waals surface area (Å²) in [5.41, 5.74) is 0. The summed E-state index contributed by atoms with van der Waals surface area (Å²) in [6, 6.07) is 9.91. The standard InChI is InChI=1S/C18H23FN4O2/c19-14-5-7-17(8-6-14)25-13-16(24)11-20-15-3-2-10-23(12-15)18-4-1-9-21-22-18/h1,4-9,15-16,20,24H,2-3,10-13H2. The monoisotopic (exact) mass is 346 g/mol. The number of halogens is 1. The largest absolute Gasteiger partial charge is 0.491 e. The maximum Gasteiger partial charge on any atom is 0.151 e. The van der Waals surface area contributed by atoms with E-state index in [1.54, 1.807) is 18.3 Å². The molecule has 1 fully saturated rings. The smallest absolute Gasteiger partial charge is 0.151 e. The summed E-state index contributed by atoms with van der Waals surface area (Å²) in [5.74, 6) is 1.13. The topological polar surface area (TPSA) is 70.5 Å². The first-order valence-electron chi connectivity index (χ1n) is 8.53. The molecule has 1 aromatic heterocycles. The Bertz CT molecular complexity index is 641. The van der Waals surface area contributed by atoms with E-state index in [0.29, 0.717) is 12.3 Å². The predicted octanol–water partition coefficient (Wildman–Crippen LogP) is 1.61. The lowest BCUT2D eigenvalue weighted by Crippen LogP contribution is -2.48. The molecule has 2 N–H and O–H groups in total. The second kappa shape index (κ2) is 8.73. The Kier molecular flexibility index (Phi) is 6.14. The van der Waals surface area contributed by atoms with E-state index in [1.165, 1.54) is 12.1 Å². The average molecular weight is 346 g/mol. The van der Waals surface area contributed by atoms with E-state index in [9.17, 15) is 9.50 Å². The van der Waals surface area contributed by atoms with Crippen LogP contribution >= 0.6 is 0 Å². The van der Waals surface area contributed by atoms with Crippen molar-refractivity contribution in [3.63, 3.8) is 0 Å². The summed E-state index contributed by atoms with van der Waals surface area (Å²) in [6.07, 6.45) is 3.16. The summed E-state index contributed by atoms with van der Waals surface area (Å²) in [5, 5.41) is 21.5. The predicted molar refractivity (Wildman–Crippen MR) is 93.2 cm³/mol. The van der Waals surface area contributed by atoms with Gasteiger partial charge in [-0.15, -0.1) is 5.10 Å². The molecule has 134 valence electrons. The van der Waals surface area contributed by atoms with Crippen molar-refractivity contribution >= 4 is 5.82 Å². The number of aliphatic hydroxyl groups excluding tert-OH is 1. The molecule has 0 saturated carbocycles. The van der Waals surface area contributed by atoms with Crippen molar-refractivity contribution < 1.29 is 14.2 Å². The molecule has 1 aliphatic rings. The van der Waals surface area contributed by atoms with E-state index >= 15 is 0 Å². The van der Waals surface area contributed by atoms with Crippen molar-refractivity contribution in [3.05, 3.63) is 48.4 Å². The highest BCUT2D eigenvalue weighted by Gasteiger charge is 2.21. The number of hydrogen-bond acceptors (Lipinski definition) is 6. The Morgan fingerprint density at radius 2 is 2.16 bits per heavy atom. The lowest BCUT2D eigenvalue weighted by molar-refractivity contribution is 0.103. The van der Waals surface area contributed by atoms with Gasteiger partial charge in [-0.2, -0.15) is 5.10 Å². The van der Waals surface area contributed by atoms with Crippen LogP contribution in [0.15, 0.2) is 42.6 Å². The van der Waals surface area contributed by atoms with Gasteiger partial charge in [0.1, 0.15) is 24.3 Å². The van der Waals surface area contributed by atoms with Crippen LogP contribution in [-0.2, 0) is 0 Å². The zero-order valence-corrected chi connectivity index (χ0v) is 14.0. The first-order valence-corrected chi connectivity index (χ1v) is 8.53. The van der Waals surface area contributed by atoms with Crippen molar-refractivity contribution in [3.8, 4) is 5.75 Å². The lowest BCUT2D eigenvalue weighted by atomic mass is 10.1. The molecular formula is C18H23FN4O2. The molecule has 1 saturated heterocycles. The quantitative estimate of drug-likeness (QED) is 0.794. The third kappa shape index (κ3) is 5.37. The molecule has 2 aromatic rings. The van der Waals surface area contributed by atoms with Crippen LogP contribution in [0.4, 0.5) is 10.2 Å². The molecule has 2 atom stereocenters. The van der Waals surface area contributed by atoms with E-state index in [2.05, 4.69) is 20.4 Å². The zero-order chi connectivity index (χ0) is 17.5. The summed E-state index contributed by atoms with van der Waals surface area (Å²) >= 11 is 0. The Labute approximate surface area is 146 Å². The molecule has 1 aliphatic heterocycles. The second-order valence-electron chi connectivity index (χ2n) is 6.19. The molecule has 1 aromatic carbocycles. The van der Waals surface area contributed by atoms with Gasteiger partial charge in [0.25, 0.3) is 0 Å². The molecule has 0 bridgehead atoms. The minimum Gasteiger partial charge on any atom is -0.491 e. The van der Waals surface area contributed by atoms with Crippen molar-refractivity contribution in [1.82, 2.24) is 15.5 Å². The van der Waals surface area contributed by atoms with E-state index < -0.39 is 6.10 Å². The fourth-order valence-corrected chi connectivity index (χ4v) is 2.90. The lowest BCUT2D eigenvalue weighted by Gasteiger charge is -2.34. The van der Waals surface area contributed by atoms with Crippen LogP contribution in [0, 0.1) is 5.82 Å². The summed E-state index contributed by atoms with van der Waals surface area (Å²) in [6.45, 7) is 2.41. The number of aromatic nitrogens is 2. The Hall–Kier alpha value is -2.25. The molecule has 6 nitrogen and oxygen atoms in total. The highest BCUT2D eigenvalue weighted by molar-refractivity contribution is 5.37. The minimum absolute atomic E-state index is 0.166. The van der Waals surface area contributed by atoms with E-state index in [0.717, 1.165) is 31.7 Å². The average Bonchev–Trinajstić information content (AvgIpc) is 2.67. The number of benzene rings is 1. The van der Waals surface area contributed by atoms with Gasteiger partial charge in [-0.25, -0.2) is 4.39 Å². The highest BCUT2D eigenvalue weighted by atomic mass is 19.1. The number of aliphatic hydroxyl groups is 1. The van der Waals surface area contributed by atoms with Gasteiger partial charge in [0.05, 0.1) is 0 Å². The van der Waals surface area contributed by atoms with Gasteiger partial charge in [-0.05, 0) is 49.2 Å². The fraction of sp³-hybridized carbons (Fsp3) is 0.444. The normalized spacial score (nSPS) is 18.8. The van der Waals surface area contributed by atoms with Gasteiger partial charge in [-0.3, -0.25) is 0 Å². The molecule has 0 amide bonds. The van der Waals surface area contributed by atoms with Gasteiger partial charge >= 0.3 is 0 Å². The van der Waals surface area contributed by atoms with Gasteiger partial charge in [0.2, 0.25) is 0 Å². The maximum absolute atomic E-state index is 12.8. The van der Waals surface area contributed by atoms with Gasteiger partial charge in [0.15, 0.2) is 5.82 Å². The first kappa shape index (κ1) is 17.6. The van der Waals surface area contributed by atoms with Crippen LogP contribution in [0.5, 0.6) is 5.75 Å². The zero-order valence-electron chi connectivity index (χ0n) is 14.0. The number of anilines is 1. The number of rotatable bonds is 7. The third-order valence-corrected chi connectivity index (χ3v) is 4.20. The fourth-order valence-electron chi connectivity index (χ4n) is 2.90. The van der Waals surface area contributed by atoms with Gasteiger partial charge in [-0.1, -0.05) is 0 Å². The minimum atomic E-state index is -0.628. The van der Waals surface area contributed by atoms with Crippen molar-refractivity contribution in [2.75, 3.05) is 31.1 Å². The molecule has 7 heteroatoms. The summed E-state index contributed by atoms with van der Waals surface area (Å²) in [7, 11) is 0.